The molecule has 1 aliphatic heterocycles. The topological polar surface area (TPSA) is 76.1 Å². The predicted octanol–water partition coefficient (Wildman–Crippen LogP) is 2.93. The van der Waals surface area contributed by atoms with Crippen LogP contribution >= 0.6 is 0 Å². The van der Waals surface area contributed by atoms with E-state index in [9.17, 15) is 9.59 Å². The SMILES string of the molecule is COc1cc(C=CC(=O)N2CCOCC2)ccc1-c1ccc(C(=O)O)cc1. The van der Waals surface area contributed by atoms with Gasteiger partial charge in [-0.1, -0.05) is 24.3 Å². The maximum Gasteiger partial charge on any atom is 0.335 e. The minimum absolute atomic E-state index is 0.0365. The van der Waals surface area contributed by atoms with E-state index in [1.807, 2.05) is 18.2 Å². The molecule has 1 N–H and O–H groups in total. The Kier molecular flexibility index (Phi) is 5.88. The first-order valence-corrected chi connectivity index (χ1v) is 8.65. The zero-order chi connectivity index (χ0) is 19.2. The zero-order valence-electron chi connectivity index (χ0n) is 15.1. The number of carbonyl (C=O) groups is 2. The van der Waals surface area contributed by atoms with Gasteiger partial charge in [-0.2, -0.15) is 0 Å². The summed E-state index contributed by atoms with van der Waals surface area (Å²) in [7, 11) is 1.58. The van der Waals surface area contributed by atoms with Gasteiger partial charge in [0.05, 0.1) is 25.9 Å². The average molecular weight is 367 g/mol. The number of hydrogen-bond acceptors (Lipinski definition) is 4. The van der Waals surface area contributed by atoms with Gasteiger partial charge < -0.3 is 19.5 Å². The number of nitrogens with zero attached hydrogens (tertiary/aromatic N) is 1. The quantitative estimate of drug-likeness (QED) is 0.823. The van der Waals surface area contributed by atoms with Crippen LogP contribution in [0.4, 0.5) is 0 Å². The van der Waals surface area contributed by atoms with Crippen LogP contribution in [0.2, 0.25) is 0 Å². The van der Waals surface area contributed by atoms with Crippen LogP contribution in [0.15, 0.2) is 48.5 Å². The minimum Gasteiger partial charge on any atom is -0.496 e. The van der Waals surface area contributed by atoms with Gasteiger partial charge in [-0.25, -0.2) is 4.79 Å². The fourth-order valence-corrected chi connectivity index (χ4v) is 2.90. The number of carbonyl (C=O) groups excluding carboxylic acids is 1. The summed E-state index contributed by atoms with van der Waals surface area (Å²) in [6, 6.07) is 12.3. The van der Waals surface area contributed by atoms with Crippen LogP contribution < -0.4 is 4.74 Å². The van der Waals surface area contributed by atoms with Crippen LogP contribution in [-0.2, 0) is 9.53 Å². The Hall–Kier alpha value is -3.12. The van der Waals surface area contributed by atoms with Crippen molar-refractivity contribution in [2.24, 2.45) is 0 Å². The van der Waals surface area contributed by atoms with E-state index in [0.717, 1.165) is 16.7 Å². The molecule has 0 radical (unpaired) electrons. The average Bonchev–Trinajstić information content (AvgIpc) is 2.72. The number of rotatable bonds is 5. The number of amides is 1. The lowest BCUT2D eigenvalue weighted by Gasteiger charge is -2.25. The first-order chi connectivity index (χ1) is 13.1. The summed E-state index contributed by atoms with van der Waals surface area (Å²) in [4.78, 5) is 25.0. The lowest BCUT2D eigenvalue weighted by molar-refractivity contribution is -0.129. The molecule has 2 aromatic rings. The van der Waals surface area contributed by atoms with E-state index in [-0.39, 0.29) is 11.5 Å². The number of methoxy groups -OCH3 is 1. The van der Waals surface area contributed by atoms with E-state index in [0.29, 0.717) is 32.1 Å². The molecular weight excluding hydrogens is 346 g/mol. The van der Waals surface area contributed by atoms with Crippen LogP contribution in [-0.4, -0.2) is 55.3 Å². The van der Waals surface area contributed by atoms with Gasteiger partial charge in [0, 0.05) is 24.7 Å². The first kappa shape index (κ1) is 18.7. The lowest BCUT2D eigenvalue weighted by Crippen LogP contribution is -2.39. The number of ether oxygens (including phenoxy) is 2. The molecule has 0 saturated carbocycles. The third-order valence-corrected chi connectivity index (χ3v) is 4.41. The molecule has 1 saturated heterocycles. The Morgan fingerprint density at radius 3 is 2.44 bits per heavy atom. The van der Waals surface area contributed by atoms with Gasteiger partial charge in [0.25, 0.3) is 0 Å². The van der Waals surface area contributed by atoms with Gasteiger partial charge in [0.15, 0.2) is 0 Å². The van der Waals surface area contributed by atoms with Crippen LogP contribution in [0.25, 0.3) is 17.2 Å². The van der Waals surface area contributed by atoms with Crippen molar-refractivity contribution in [3.05, 3.63) is 59.7 Å². The second-order valence-corrected chi connectivity index (χ2v) is 6.11. The largest absolute Gasteiger partial charge is 0.496 e. The number of benzene rings is 2. The first-order valence-electron chi connectivity index (χ1n) is 8.65. The van der Waals surface area contributed by atoms with Gasteiger partial charge >= 0.3 is 5.97 Å². The van der Waals surface area contributed by atoms with Crippen molar-refractivity contribution in [1.82, 2.24) is 4.90 Å². The summed E-state index contributed by atoms with van der Waals surface area (Å²) in [6.45, 7) is 2.36. The van der Waals surface area contributed by atoms with Gasteiger partial charge in [-0.15, -0.1) is 0 Å². The van der Waals surface area contributed by atoms with Gasteiger partial charge in [0.2, 0.25) is 5.91 Å². The second kappa shape index (κ2) is 8.51. The number of carboxylic acids is 1. The maximum atomic E-state index is 12.2. The highest BCUT2D eigenvalue weighted by Crippen LogP contribution is 2.31. The van der Waals surface area contributed by atoms with Gasteiger partial charge in [-0.05, 0) is 35.4 Å². The molecule has 0 unspecified atom stereocenters. The Morgan fingerprint density at radius 1 is 1.11 bits per heavy atom. The Balaban J connectivity index is 1.78. The molecule has 1 aliphatic rings. The number of aromatic carboxylic acids is 1. The van der Waals surface area contributed by atoms with E-state index in [2.05, 4.69) is 0 Å². The molecular formula is C21H21NO5. The molecule has 27 heavy (non-hydrogen) atoms. The number of carboxylic acid groups (broad SMARTS) is 1. The van der Waals surface area contributed by atoms with Crippen LogP contribution in [0.1, 0.15) is 15.9 Å². The van der Waals surface area contributed by atoms with Crippen molar-refractivity contribution in [1.29, 1.82) is 0 Å². The standard InChI is InChI=1S/C21H21NO5/c1-26-19-14-15(3-9-20(23)22-10-12-27-13-11-22)2-8-18(19)16-4-6-17(7-5-16)21(24)25/h2-9,14H,10-13H2,1H3,(H,24,25). The van der Waals surface area contributed by atoms with Gasteiger partial charge in [0.1, 0.15) is 5.75 Å². The molecule has 2 aromatic carbocycles. The van der Waals surface area contributed by atoms with Crippen molar-refractivity contribution >= 4 is 18.0 Å². The Bertz CT molecular complexity index is 851. The molecule has 0 atom stereocenters. The summed E-state index contributed by atoms with van der Waals surface area (Å²) >= 11 is 0. The van der Waals surface area contributed by atoms with E-state index in [4.69, 9.17) is 14.6 Å². The molecule has 6 heteroatoms. The summed E-state index contributed by atoms with van der Waals surface area (Å²) in [5, 5.41) is 9.01. The van der Waals surface area contributed by atoms with Crippen molar-refractivity contribution in [3.63, 3.8) is 0 Å². The third kappa shape index (κ3) is 4.54. The summed E-state index contributed by atoms with van der Waals surface area (Å²) < 4.78 is 10.7. The fourth-order valence-electron chi connectivity index (χ4n) is 2.90. The van der Waals surface area contributed by atoms with E-state index in [1.165, 1.54) is 0 Å². The van der Waals surface area contributed by atoms with Crippen molar-refractivity contribution in [2.75, 3.05) is 33.4 Å². The van der Waals surface area contributed by atoms with Crippen molar-refractivity contribution in [3.8, 4) is 16.9 Å². The molecule has 0 aromatic heterocycles. The summed E-state index contributed by atoms with van der Waals surface area (Å²) in [5.74, 6) is -0.344. The fraction of sp³-hybridized carbons (Fsp3) is 0.238. The monoisotopic (exact) mass is 367 g/mol. The van der Waals surface area contributed by atoms with E-state index < -0.39 is 5.97 Å². The van der Waals surface area contributed by atoms with Gasteiger partial charge in [-0.3, -0.25) is 4.79 Å². The molecule has 1 heterocycles. The summed E-state index contributed by atoms with van der Waals surface area (Å²) in [5.41, 5.74) is 2.79. The van der Waals surface area contributed by atoms with Crippen molar-refractivity contribution in [2.45, 2.75) is 0 Å². The molecule has 0 spiro atoms. The molecule has 1 fully saturated rings. The highest BCUT2D eigenvalue weighted by atomic mass is 16.5. The van der Waals surface area contributed by atoms with Crippen LogP contribution in [0, 0.1) is 0 Å². The highest BCUT2D eigenvalue weighted by molar-refractivity contribution is 5.92. The lowest BCUT2D eigenvalue weighted by atomic mass is 10.0. The summed E-state index contributed by atoms with van der Waals surface area (Å²) in [6.07, 6.45) is 3.32. The number of morpholine rings is 1. The minimum atomic E-state index is -0.959. The molecule has 3 rings (SSSR count). The Morgan fingerprint density at radius 2 is 1.81 bits per heavy atom. The number of hydrogen-bond donors (Lipinski definition) is 1. The molecule has 0 bridgehead atoms. The highest BCUT2D eigenvalue weighted by Gasteiger charge is 2.14. The third-order valence-electron chi connectivity index (χ3n) is 4.41. The molecule has 0 aliphatic carbocycles. The maximum absolute atomic E-state index is 12.2. The Labute approximate surface area is 157 Å². The van der Waals surface area contributed by atoms with E-state index in [1.54, 1.807) is 48.4 Å². The second-order valence-electron chi connectivity index (χ2n) is 6.11. The van der Waals surface area contributed by atoms with Crippen LogP contribution in [0.3, 0.4) is 0 Å². The predicted molar refractivity (Wildman–Crippen MR) is 102 cm³/mol. The zero-order valence-corrected chi connectivity index (χ0v) is 15.1. The molecule has 140 valence electrons. The smallest absolute Gasteiger partial charge is 0.335 e. The van der Waals surface area contributed by atoms with E-state index >= 15 is 0 Å². The van der Waals surface area contributed by atoms with Crippen molar-refractivity contribution < 1.29 is 24.2 Å². The molecule has 6 nitrogen and oxygen atoms in total. The molecule has 1 amide bonds. The normalized spacial score (nSPS) is 14.3. The van der Waals surface area contributed by atoms with Crippen LogP contribution in [0.5, 0.6) is 5.75 Å².